The van der Waals surface area contributed by atoms with Gasteiger partial charge < -0.3 is 9.64 Å². The zero-order valence-corrected chi connectivity index (χ0v) is 20.2. The van der Waals surface area contributed by atoms with Crippen LogP contribution in [0.3, 0.4) is 0 Å². The molecule has 2 saturated carbocycles. The van der Waals surface area contributed by atoms with E-state index in [-0.39, 0.29) is 7.92 Å². The zero-order valence-electron chi connectivity index (χ0n) is 19.3. The maximum Gasteiger partial charge on any atom is 0.0642 e. The third-order valence-electron chi connectivity index (χ3n) is 8.15. The number of nitrogens with zero attached hydrogens (tertiary/aromatic N) is 1. The Kier molecular flexibility index (Phi) is 6.02. The van der Waals surface area contributed by atoms with Crippen LogP contribution in [0, 0.1) is 23.7 Å². The summed E-state index contributed by atoms with van der Waals surface area (Å²) in [6.45, 7) is 11.4. The Balaban J connectivity index is 1.60. The first kappa shape index (κ1) is 21.0. The first-order valence-corrected chi connectivity index (χ1v) is 13.8. The van der Waals surface area contributed by atoms with Crippen LogP contribution in [0.25, 0.3) is 0 Å². The molecule has 30 heavy (non-hydrogen) atoms. The topological polar surface area (TPSA) is 12.5 Å². The highest BCUT2D eigenvalue weighted by atomic mass is 31.1. The number of benzene rings is 1. The molecule has 4 aliphatic rings. The van der Waals surface area contributed by atoms with Crippen molar-refractivity contribution >= 4 is 18.9 Å². The summed E-state index contributed by atoms with van der Waals surface area (Å²) in [5, 5.41) is 4.05. The molecule has 3 aliphatic carbocycles. The summed E-state index contributed by atoms with van der Waals surface area (Å²) in [6.07, 6.45) is 12.6. The van der Waals surface area contributed by atoms with Crippen LogP contribution in [0.1, 0.15) is 65.7 Å². The molecule has 3 heteroatoms. The lowest BCUT2D eigenvalue weighted by Gasteiger charge is -2.55. The molecule has 0 N–H and O–H groups in total. The second kappa shape index (κ2) is 8.59. The van der Waals surface area contributed by atoms with E-state index in [1.807, 2.05) is 5.31 Å². The van der Waals surface area contributed by atoms with Gasteiger partial charge in [-0.1, -0.05) is 45.0 Å². The van der Waals surface area contributed by atoms with Gasteiger partial charge in [0.25, 0.3) is 0 Å². The van der Waals surface area contributed by atoms with E-state index in [1.165, 1.54) is 50.6 Å². The number of morpholine rings is 1. The molecule has 1 aromatic rings. The molecule has 3 fully saturated rings. The molecule has 2 bridgehead atoms. The summed E-state index contributed by atoms with van der Waals surface area (Å²) in [6, 6.07) is 9.52. The highest BCUT2D eigenvalue weighted by molar-refractivity contribution is 7.71. The van der Waals surface area contributed by atoms with Crippen molar-refractivity contribution in [2.75, 3.05) is 31.2 Å². The van der Waals surface area contributed by atoms with Gasteiger partial charge in [-0.15, -0.1) is 0 Å². The molecule has 4 atom stereocenters. The van der Waals surface area contributed by atoms with E-state index in [0.717, 1.165) is 50.0 Å². The summed E-state index contributed by atoms with van der Waals surface area (Å²) >= 11 is 0. The number of anilines is 1. The summed E-state index contributed by atoms with van der Waals surface area (Å²) < 4.78 is 5.70. The Labute approximate surface area is 185 Å². The first-order valence-electron chi connectivity index (χ1n) is 12.4. The van der Waals surface area contributed by atoms with Gasteiger partial charge in [-0.3, -0.25) is 0 Å². The van der Waals surface area contributed by atoms with Crippen LogP contribution in [0.5, 0.6) is 0 Å². The van der Waals surface area contributed by atoms with Crippen molar-refractivity contribution < 1.29 is 4.74 Å². The summed E-state index contributed by atoms with van der Waals surface area (Å²) in [7, 11) is -0.282. The third-order valence-corrected chi connectivity index (χ3v) is 11.4. The lowest BCUT2D eigenvalue weighted by molar-refractivity contribution is 0.123. The summed E-state index contributed by atoms with van der Waals surface area (Å²) in [4.78, 5) is 2.62. The van der Waals surface area contributed by atoms with E-state index in [9.17, 15) is 0 Å². The standard InChI is InChI=1S/C27H40NOP/c1-20-8-9-24(16-20)30(27-17-21(2)14-23(19-27)15-22(3)18-27)26-7-5-4-6-25(26)28-10-12-29-13-11-28/h4-7,9,20-23H,8,10-19H2,1-3H3. The Morgan fingerprint density at radius 3 is 2.30 bits per heavy atom. The van der Waals surface area contributed by atoms with E-state index >= 15 is 0 Å². The predicted molar refractivity (Wildman–Crippen MR) is 130 cm³/mol. The van der Waals surface area contributed by atoms with Crippen molar-refractivity contribution in [3.63, 3.8) is 0 Å². The molecule has 0 aromatic heterocycles. The second-order valence-electron chi connectivity index (χ2n) is 11.0. The van der Waals surface area contributed by atoms with Gasteiger partial charge in [0.05, 0.1) is 13.2 Å². The molecule has 0 spiro atoms. The third kappa shape index (κ3) is 4.00. The molecule has 2 nitrogen and oxygen atoms in total. The minimum Gasteiger partial charge on any atom is -0.378 e. The fourth-order valence-corrected chi connectivity index (χ4v) is 11.7. The Bertz CT molecular complexity index is 763. The Morgan fingerprint density at radius 1 is 0.933 bits per heavy atom. The van der Waals surface area contributed by atoms with Gasteiger partial charge in [-0.05, 0) is 93.1 Å². The van der Waals surface area contributed by atoms with Crippen molar-refractivity contribution in [3.8, 4) is 0 Å². The molecule has 164 valence electrons. The lowest BCUT2D eigenvalue weighted by atomic mass is 9.65. The van der Waals surface area contributed by atoms with Crippen molar-refractivity contribution in [1.82, 2.24) is 0 Å². The predicted octanol–water partition coefficient (Wildman–Crippen LogP) is 6.55. The number of rotatable bonds is 4. The fourth-order valence-electron chi connectivity index (χ4n) is 7.41. The maximum absolute atomic E-state index is 5.70. The highest BCUT2D eigenvalue weighted by Crippen LogP contribution is 2.69. The monoisotopic (exact) mass is 425 g/mol. The van der Waals surface area contributed by atoms with Crippen molar-refractivity contribution in [2.24, 2.45) is 23.7 Å². The van der Waals surface area contributed by atoms with Gasteiger partial charge in [-0.2, -0.15) is 0 Å². The molecule has 1 aromatic carbocycles. The van der Waals surface area contributed by atoms with Crippen molar-refractivity contribution in [3.05, 3.63) is 35.7 Å². The quantitative estimate of drug-likeness (QED) is 0.507. The van der Waals surface area contributed by atoms with Crippen LogP contribution < -0.4 is 10.2 Å². The Hall–Kier alpha value is -0.850. The molecule has 4 unspecified atom stereocenters. The Morgan fingerprint density at radius 2 is 1.63 bits per heavy atom. The number of hydrogen-bond acceptors (Lipinski definition) is 2. The van der Waals surface area contributed by atoms with Crippen LogP contribution in [-0.4, -0.2) is 31.5 Å². The van der Waals surface area contributed by atoms with Crippen LogP contribution in [0.2, 0.25) is 0 Å². The minimum atomic E-state index is -0.282. The number of fused-ring (bicyclic) bond motifs is 2. The molecule has 0 radical (unpaired) electrons. The van der Waals surface area contributed by atoms with Crippen molar-refractivity contribution in [2.45, 2.75) is 70.9 Å². The summed E-state index contributed by atoms with van der Waals surface area (Å²) in [5.41, 5.74) is 1.52. The van der Waals surface area contributed by atoms with E-state index in [2.05, 4.69) is 56.0 Å². The molecule has 0 amide bonds. The number of allylic oxidation sites excluding steroid dienone is 2. The van der Waals surface area contributed by atoms with Gasteiger partial charge in [0, 0.05) is 24.1 Å². The smallest absolute Gasteiger partial charge is 0.0642 e. The fraction of sp³-hybridized carbons (Fsp3) is 0.704. The number of hydrogen-bond donors (Lipinski definition) is 0. The van der Waals surface area contributed by atoms with Gasteiger partial charge >= 0.3 is 0 Å². The molecule has 5 rings (SSSR count). The number of ether oxygens (including phenoxy) is 1. The average Bonchev–Trinajstić information content (AvgIpc) is 3.13. The van der Waals surface area contributed by atoms with E-state index in [1.54, 1.807) is 5.30 Å². The van der Waals surface area contributed by atoms with E-state index in [0.29, 0.717) is 5.16 Å². The molecular formula is C27H40NOP. The van der Waals surface area contributed by atoms with Crippen LogP contribution >= 0.6 is 7.92 Å². The van der Waals surface area contributed by atoms with E-state index < -0.39 is 0 Å². The van der Waals surface area contributed by atoms with Gasteiger partial charge in [-0.25, -0.2) is 0 Å². The largest absolute Gasteiger partial charge is 0.378 e. The SMILES string of the molecule is CC1CC=C(P(c2ccccc2N2CCOCC2)C23CC(C)CC(CC(C)C2)C3)C1. The van der Waals surface area contributed by atoms with Crippen molar-refractivity contribution in [1.29, 1.82) is 0 Å². The molecule has 1 aliphatic heterocycles. The highest BCUT2D eigenvalue weighted by Gasteiger charge is 2.51. The van der Waals surface area contributed by atoms with E-state index in [4.69, 9.17) is 4.74 Å². The zero-order chi connectivity index (χ0) is 20.7. The van der Waals surface area contributed by atoms with Crippen LogP contribution in [-0.2, 0) is 4.74 Å². The minimum absolute atomic E-state index is 0.282. The molecular weight excluding hydrogens is 385 g/mol. The van der Waals surface area contributed by atoms with Gasteiger partial charge in [0.1, 0.15) is 0 Å². The summed E-state index contributed by atoms with van der Waals surface area (Å²) in [5.74, 6) is 3.56. The molecule has 1 saturated heterocycles. The molecule has 1 heterocycles. The second-order valence-corrected chi connectivity index (χ2v) is 13.7. The first-order chi connectivity index (χ1) is 14.5. The lowest BCUT2D eigenvalue weighted by Crippen LogP contribution is -2.46. The van der Waals surface area contributed by atoms with Gasteiger partial charge in [0.2, 0.25) is 0 Å². The maximum atomic E-state index is 5.70. The van der Waals surface area contributed by atoms with Crippen LogP contribution in [0.4, 0.5) is 5.69 Å². The van der Waals surface area contributed by atoms with Gasteiger partial charge in [0.15, 0.2) is 0 Å². The number of para-hydroxylation sites is 1. The van der Waals surface area contributed by atoms with Crippen LogP contribution in [0.15, 0.2) is 35.7 Å². The average molecular weight is 426 g/mol. The normalized spacial score (nSPS) is 37.7.